The van der Waals surface area contributed by atoms with Crippen molar-refractivity contribution in [1.29, 1.82) is 0 Å². The van der Waals surface area contributed by atoms with E-state index in [1.54, 1.807) is 37.4 Å². The molecule has 0 aliphatic carbocycles. The predicted molar refractivity (Wildman–Crippen MR) is 96.8 cm³/mol. The molecule has 0 aliphatic rings. The highest BCUT2D eigenvalue weighted by atomic mass is 35.5. The molecule has 1 N–H and O–H groups in total. The number of halogens is 1. The smallest absolute Gasteiger partial charge is 0.340 e. The molecule has 1 heterocycles. The lowest BCUT2D eigenvalue weighted by molar-refractivity contribution is 0.0389. The Morgan fingerprint density at radius 3 is 2.56 bits per heavy atom. The maximum atomic E-state index is 12.6. The van der Waals surface area contributed by atoms with Crippen molar-refractivity contribution in [2.24, 2.45) is 0 Å². The minimum absolute atomic E-state index is 0.0895. The molecule has 0 radical (unpaired) electrons. The molecule has 130 valence electrons. The summed E-state index contributed by atoms with van der Waals surface area (Å²) in [6.45, 7) is 2.34. The molecule has 5 nitrogen and oxygen atoms in total. The van der Waals surface area contributed by atoms with E-state index in [0.29, 0.717) is 22.6 Å². The minimum atomic E-state index is -0.446. The van der Waals surface area contributed by atoms with Gasteiger partial charge in [0.05, 0.1) is 17.7 Å². The third kappa shape index (κ3) is 3.34. The number of aromatic hydroxyl groups is 1. The number of phenols is 1. The van der Waals surface area contributed by atoms with E-state index in [2.05, 4.69) is 0 Å². The van der Waals surface area contributed by atoms with Crippen molar-refractivity contribution in [3.63, 3.8) is 0 Å². The van der Waals surface area contributed by atoms with Gasteiger partial charge in [-0.25, -0.2) is 4.79 Å². The molecule has 2 aromatic carbocycles. The van der Waals surface area contributed by atoms with Crippen LogP contribution in [0, 0.1) is 6.92 Å². The van der Waals surface area contributed by atoms with Gasteiger partial charge in [-0.1, -0.05) is 11.6 Å². The second kappa shape index (κ2) is 7.17. The zero-order valence-electron chi connectivity index (χ0n) is 14.0. The Balaban J connectivity index is 2.16. The number of phenolic OH excluding ortho intramolecular Hbond substituents is 1. The zero-order chi connectivity index (χ0) is 18.0. The number of esters is 1. The van der Waals surface area contributed by atoms with Crippen LogP contribution in [-0.4, -0.2) is 36.0 Å². The molecule has 0 atom stereocenters. The molecule has 1 aromatic heterocycles. The highest BCUT2D eigenvalue weighted by molar-refractivity contribution is 6.30. The Hall–Kier alpha value is -2.50. The average Bonchev–Trinajstić information content (AvgIpc) is 2.87. The summed E-state index contributed by atoms with van der Waals surface area (Å²) in [6, 6.07) is 12.3. The van der Waals surface area contributed by atoms with Crippen LogP contribution < -0.4 is 0 Å². The van der Waals surface area contributed by atoms with Crippen LogP contribution in [0.25, 0.3) is 16.6 Å². The van der Waals surface area contributed by atoms with E-state index < -0.39 is 5.97 Å². The van der Waals surface area contributed by atoms with Gasteiger partial charge in [-0.05, 0) is 49.4 Å². The largest absolute Gasteiger partial charge is 0.508 e. The summed E-state index contributed by atoms with van der Waals surface area (Å²) >= 11 is 5.98. The fourth-order valence-corrected chi connectivity index (χ4v) is 3.00. The first kappa shape index (κ1) is 17.3. The number of hydrogen-bond donors (Lipinski definition) is 1. The third-order valence-corrected chi connectivity index (χ3v) is 4.25. The molecule has 6 heteroatoms. The minimum Gasteiger partial charge on any atom is -0.508 e. The Bertz CT molecular complexity index is 915. The van der Waals surface area contributed by atoms with E-state index >= 15 is 0 Å². The van der Waals surface area contributed by atoms with Crippen LogP contribution in [-0.2, 0) is 9.47 Å². The fraction of sp³-hybridized carbons (Fsp3) is 0.211. The number of fused-ring (bicyclic) bond motifs is 1. The van der Waals surface area contributed by atoms with Gasteiger partial charge in [-0.2, -0.15) is 0 Å². The number of carbonyl (C=O) groups excluding carboxylic acids is 1. The summed E-state index contributed by atoms with van der Waals surface area (Å²) in [7, 11) is 1.55. The fourth-order valence-electron chi connectivity index (χ4n) is 2.88. The van der Waals surface area contributed by atoms with Crippen LogP contribution in [0.5, 0.6) is 5.75 Å². The van der Waals surface area contributed by atoms with Crippen LogP contribution in [0.15, 0.2) is 42.5 Å². The van der Waals surface area contributed by atoms with Crippen LogP contribution >= 0.6 is 11.6 Å². The number of carbonyl (C=O) groups is 1. The highest BCUT2D eigenvalue weighted by Gasteiger charge is 2.22. The predicted octanol–water partition coefficient (Wildman–Crippen LogP) is 4.10. The van der Waals surface area contributed by atoms with Crippen molar-refractivity contribution >= 4 is 28.5 Å². The lowest BCUT2D eigenvalue weighted by atomic mass is 10.1. The molecule has 0 amide bonds. The molecule has 3 aromatic rings. The Morgan fingerprint density at radius 1 is 1.16 bits per heavy atom. The highest BCUT2D eigenvalue weighted by Crippen LogP contribution is 2.32. The molecular formula is C19H18ClNO4. The first-order valence-electron chi connectivity index (χ1n) is 7.79. The number of aromatic nitrogens is 1. The summed E-state index contributed by atoms with van der Waals surface area (Å²) < 4.78 is 12.1. The normalized spacial score (nSPS) is 11.0. The standard InChI is InChI=1S/C19H18ClNO4/c1-12-18(19(23)25-10-9-24-2)16-11-15(22)7-8-17(16)21(12)14-5-3-13(20)4-6-14/h3-8,11,22H,9-10H2,1-2H3. The topological polar surface area (TPSA) is 60.7 Å². The van der Waals surface area contributed by atoms with Crippen LogP contribution in [0.4, 0.5) is 0 Å². The van der Waals surface area contributed by atoms with Gasteiger partial charge in [-0.15, -0.1) is 0 Å². The van der Waals surface area contributed by atoms with E-state index in [1.165, 1.54) is 0 Å². The number of nitrogens with zero attached hydrogens (tertiary/aromatic N) is 1. The molecule has 0 bridgehead atoms. The zero-order valence-corrected chi connectivity index (χ0v) is 14.7. The van der Waals surface area contributed by atoms with Crippen molar-refractivity contribution in [1.82, 2.24) is 4.57 Å². The van der Waals surface area contributed by atoms with Crippen molar-refractivity contribution in [3.8, 4) is 11.4 Å². The van der Waals surface area contributed by atoms with Gasteiger partial charge >= 0.3 is 5.97 Å². The van der Waals surface area contributed by atoms with Gasteiger partial charge in [0.1, 0.15) is 12.4 Å². The number of ether oxygens (including phenoxy) is 2. The van der Waals surface area contributed by atoms with Gasteiger partial charge in [0.25, 0.3) is 0 Å². The summed E-state index contributed by atoms with van der Waals surface area (Å²) in [5.74, 6) is -0.357. The molecule has 25 heavy (non-hydrogen) atoms. The summed E-state index contributed by atoms with van der Waals surface area (Å²) in [4.78, 5) is 12.6. The molecule has 0 aliphatic heterocycles. The summed E-state index contributed by atoms with van der Waals surface area (Å²) in [5, 5.41) is 11.1. The maximum Gasteiger partial charge on any atom is 0.340 e. The van der Waals surface area contributed by atoms with E-state index in [-0.39, 0.29) is 12.4 Å². The van der Waals surface area contributed by atoms with Gasteiger partial charge in [-0.3, -0.25) is 0 Å². The second-order valence-electron chi connectivity index (χ2n) is 5.60. The van der Waals surface area contributed by atoms with Gasteiger partial charge in [0.15, 0.2) is 0 Å². The van der Waals surface area contributed by atoms with Gasteiger partial charge in [0.2, 0.25) is 0 Å². The molecule has 0 saturated carbocycles. The average molecular weight is 360 g/mol. The Kier molecular flexibility index (Phi) is 4.97. The number of methoxy groups -OCH3 is 1. The number of rotatable bonds is 5. The lowest BCUT2D eigenvalue weighted by Crippen LogP contribution is -2.11. The first-order chi connectivity index (χ1) is 12.0. The second-order valence-corrected chi connectivity index (χ2v) is 6.04. The van der Waals surface area contributed by atoms with E-state index in [0.717, 1.165) is 16.9 Å². The molecule has 0 spiro atoms. The first-order valence-corrected chi connectivity index (χ1v) is 8.16. The van der Waals surface area contributed by atoms with Crippen LogP contribution in [0.1, 0.15) is 16.1 Å². The van der Waals surface area contributed by atoms with Crippen LogP contribution in [0.3, 0.4) is 0 Å². The molecular weight excluding hydrogens is 342 g/mol. The van der Waals surface area contributed by atoms with Gasteiger partial charge < -0.3 is 19.1 Å². The molecule has 0 fully saturated rings. The SMILES string of the molecule is COCCOC(=O)c1c(C)n(-c2ccc(Cl)cc2)c2ccc(O)cc12. The van der Waals surface area contributed by atoms with E-state index in [1.807, 2.05) is 23.6 Å². The monoisotopic (exact) mass is 359 g/mol. The molecule has 0 unspecified atom stereocenters. The number of benzene rings is 2. The van der Waals surface area contributed by atoms with Crippen molar-refractivity contribution in [3.05, 3.63) is 58.7 Å². The van der Waals surface area contributed by atoms with Gasteiger partial charge in [0, 0.05) is 28.9 Å². The molecule has 3 rings (SSSR count). The summed E-state index contributed by atoms with van der Waals surface area (Å²) in [6.07, 6.45) is 0. The molecule has 0 saturated heterocycles. The maximum absolute atomic E-state index is 12.6. The quantitative estimate of drug-likeness (QED) is 0.550. The van der Waals surface area contributed by atoms with E-state index in [4.69, 9.17) is 21.1 Å². The van der Waals surface area contributed by atoms with Crippen molar-refractivity contribution < 1.29 is 19.4 Å². The van der Waals surface area contributed by atoms with Crippen molar-refractivity contribution in [2.75, 3.05) is 20.3 Å². The lowest BCUT2D eigenvalue weighted by Gasteiger charge is -2.09. The Morgan fingerprint density at radius 2 is 1.88 bits per heavy atom. The summed E-state index contributed by atoms with van der Waals surface area (Å²) in [5.41, 5.74) is 2.83. The van der Waals surface area contributed by atoms with E-state index in [9.17, 15) is 9.90 Å². The van der Waals surface area contributed by atoms with Crippen LogP contribution in [0.2, 0.25) is 5.02 Å². The number of hydrogen-bond acceptors (Lipinski definition) is 4. The third-order valence-electron chi connectivity index (χ3n) is 4.00. The van der Waals surface area contributed by atoms with Crippen molar-refractivity contribution in [2.45, 2.75) is 6.92 Å². The Labute approximate surface area is 150 Å².